The minimum absolute atomic E-state index is 0.155. The number of Topliss-reactive ketones (excluding diaryl/α,β-unsaturated/α-hetero) is 1. The Morgan fingerprint density at radius 3 is 2.48 bits per heavy atom. The third kappa shape index (κ3) is 2.95. The summed E-state index contributed by atoms with van der Waals surface area (Å²) in [5.74, 6) is -1.23. The highest BCUT2D eigenvalue weighted by Crippen LogP contribution is 2.35. The van der Waals surface area contributed by atoms with Gasteiger partial charge in [0.05, 0.1) is 16.1 Å². The molecule has 0 bridgehead atoms. The molecule has 0 atom stereocenters. The van der Waals surface area contributed by atoms with Crippen LogP contribution < -0.4 is 11.1 Å². The zero-order valence-electron chi connectivity index (χ0n) is 11.9. The Morgan fingerprint density at radius 2 is 1.95 bits per heavy atom. The number of halogens is 1. The second kappa shape index (κ2) is 5.65. The van der Waals surface area contributed by atoms with Crippen LogP contribution in [0.4, 0.5) is 15.1 Å². The topological polar surface area (TPSA) is 72.2 Å². The Labute approximate surface area is 125 Å². The van der Waals surface area contributed by atoms with Crippen LogP contribution >= 0.6 is 11.3 Å². The molecule has 0 spiro atoms. The minimum Gasteiger partial charge on any atom is -0.365 e. The van der Waals surface area contributed by atoms with Gasteiger partial charge in [0, 0.05) is 0 Å². The van der Waals surface area contributed by atoms with E-state index in [1.54, 1.807) is 26.0 Å². The molecule has 3 N–H and O–H groups in total. The van der Waals surface area contributed by atoms with Gasteiger partial charge in [-0.15, -0.1) is 11.3 Å². The monoisotopic (exact) mass is 306 g/mol. The number of primary amides is 1. The van der Waals surface area contributed by atoms with Gasteiger partial charge in [-0.25, -0.2) is 4.39 Å². The van der Waals surface area contributed by atoms with Crippen LogP contribution in [0.3, 0.4) is 0 Å². The van der Waals surface area contributed by atoms with E-state index >= 15 is 0 Å². The summed E-state index contributed by atoms with van der Waals surface area (Å²) < 4.78 is 13.9. The molecular formula is C15H15FN2O2S. The molecule has 0 fully saturated rings. The van der Waals surface area contributed by atoms with Gasteiger partial charge in [-0.2, -0.15) is 0 Å². The van der Waals surface area contributed by atoms with Gasteiger partial charge in [-0.1, -0.05) is 6.07 Å². The molecule has 0 aliphatic rings. The molecular weight excluding hydrogens is 291 g/mol. The van der Waals surface area contributed by atoms with Gasteiger partial charge in [0.1, 0.15) is 10.8 Å². The average molecular weight is 306 g/mol. The molecule has 0 radical (unpaired) electrons. The number of amides is 1. The van der Waals surface area contributed by atoms with Crippen molar-refractivity contribution in [3.63, 3.8) is 0 Å². The fraction of sp³-hybridized carbons (Fsp3) is 0.200. The first-order valence-electron chi connectivity index (χ1n) is 6.28. The maximum absolute atomic E-state index is 13.9. The number of benzene rings is 1. The third-order valence-corrected chi connectivity index (χ3v) is 4.39. The number of ketones is 1. The Hall–Kier alpha value is -2.21. The molecule has 2 rings (SSSR count). The van der Waals surface area contributed by atoms with Gasteiger partial charge in [0.25, 0.3) is 5.91 Å². The van der Waals surface area contributed by atoms with Gasteiger partial charge in [-0.3, -0.25) is 9.59 Å². The van der Waals surface area contributed by atoms with Crippen LogP contribution in [0.25, 0.3) is 0 Å². The maximum atomic E-state index is 13.9. The fourth-order valence-corrected chi connectivity index (χ4v) is 3.20. The predicted molar refractivity (Wildman–Crippen MR) is 82.0 cm³/mol. The summed E-state index contributed by atoms with van der Waals surface area (Å²) >= 11 is 1.10. The van der Waals surface area contributed by atoms with E-state index < -0.39 is 11.7 Å². The van der Waals surface area contributed by atoms with Gasteiger partial charge in [-0.05, 0) is 44.0 Å². The molecule has 2 aromatic rings. The number of carbonyl (C=O) groups is 2. The summed E-state index contributed by atoms with van der Waals surface area (Å²) in [6, 6.07) is 4.72. The summed E-state index contributed by atoms with van der Waals surface area (Å²) in [6.07, 6.45) is 0. The van der Waals surface area contributed by atoms with Gasteiger partial charge >= 0.3 is 0 Å². The van der Waals surface area contributed by atoms with Crippen molar-refractivity contribution in [3.05, 3.63) is 45.6 Å². The van der Waals surface area contributed by atoms with E-state index in [1.165, 1.54) is 13.0 Å². The summed E-state index contributed by atoms with van der Waals surface area (Å²) in [7, 11) is 0. The lowest BCUT2D eigenvalue weighted by atomic mass is 10.1. The van der Waals surface area contributed by atoms with E-state index in [4.69, 9.17) is 5.73 Å². The zero-order valence-corrected chi connectivity index (χ0v) is 12.7. The number of thiophene rings is 1. The standard InChI is InChI=1S/C15H15FN2O2S/c1-7-4-5-11(10(16)6-7)18-15-12(14(17)20)8(2)13(21-15)9(3)19/h4-6,18H,1-3H3,(H2,17,20). The number of aryl methyl sites for hydroxylation is 1. The molecule has 4 nitrogen and oxygen atoms in total. The second-order valence-electron chi connectivity index (χ2n) is 4.79. The minimum atomic E-state index is -0.647. The smallest absolute Gasteiger partial charge is 0.251 e. The maximum Gasteiger partial charge on any atom is 0.251 e. The summed E-state index contributed by atoms with van der Waals surface area (Å²) in [4.78, 5) is 23.6. The number of hydrogen-bond acceptors (Lipinski definition) is 4. The predicted octanol–water partition coefficient (Wildman–Crippen LogP) is 3.55. The van der Waals surface area contributed by atoms with Gasteiger partial charge in [0.15, 0.2) is 5.78 Å². The molecule has 1 aromatic heterocycles. The number of nitrogens with two attached hydrogens (primary N) is 1. The van der Waals surface area contributed by atoms with E-state index in [1.807, 2.05) is 0 Å². The first-order valence-corrected chi connectivity index (χ1v) is 7.10. The Balaban J connectivity index is 2.51. The zero-order chi connectivity index (χ0) is 15.7. The van der Waals surface area contributed by atoms with Crippen molar-refractivity contribution < 1.29 is 14.0 Å². The Kier molecular flexibility index (Phi) is 4.09. The van der Waals surface area contributed by atoms with Crippen LogP contribution in [0.5, 0.6) is 0 Å². The van der Waals surface area contributed by atoms with Crippen LogP contribution in [0.15, 0.2) is 18.2 Å². The number of rotatable bonds is 4. The first kappa shape index (κ1) is 15.2. The van der Waals surface area contributed by atoms with Crippen molar-refractivity contribution in [2.24, 2.45) is 5.73 Å². The fourth-order valence-electron chi connectivity index (χ4n) is 2.08. The molecule has 1 aromatic carbocycles. The summed E-state index contributed by atoms with van der Waals surface area (Å²) in [5, 5.41) is 3.24. The lowest BCUT2D eigenvalue weighted by molar-refractivity contribution is 0.100. The molecule has 21 heavy (non-hydrogen) atoms. The van der Waals surface area contributed by atoms with Crippen molar-refractivity contribution in [3.8, 4) is 0 Å². The van der Waals surface area contributed by atoms with Crippen LogP contribution in [-0.2, 0) is 0 Å². The van der Waals surface area contributed by atoms with Crippen molar-refractivity contribution in [1.82, 2.24) is 0 Å². The number of nitrogens with one attached hydrogen (secondary N) is 1. The SMILES string of the molecule is CC(=O)c1sc(Nc2ccc(C)cc2F)c(C(N)=O)c1C. The van der Waals surface area contributed by atoms with Crippen molar-refractivity contribution in [2.45, 2.75) is 20.8 Å². The van der Waals surface area contributed by atoms with Crippen molar-refractivity contribution in [1.29, 1.82) is 0 Å². The molecule has 0 saturated carbocycles. The Morgan fingerprint density at radius 1 is 1.29 bits per heavy atom. The molecule has 110 valence electrons. The molecule has 1 amide bonds. The third-order valence-electron chi connectivity index (χ3n) is 3.09. The molecule has 0 unspecified atom stereocenters. The van der Waals surface area contributed by atoms with E-state index in [2.05, 4.69) is 5.32 Å². The normalized spacial score (nSPS) is 10.5. The highest BCUT2D eigenvalue weighted by Gasteiger charge is 2.22. The molecule has 0 aliphatic heterocycles. The average Bonchev–Trinajstić information content (AvgIpc) is 2.70. The van der Waals surface area contributed by atoms with Crippen molar-refractivity contribution in [2.75, 3.05) is 5.32 Å². The quantitative estimate of drug-likeness (QED) is 0.848. The highest BCUT2D eigenvalue weighted by atomic mass is 32.1. The number of anilines is 2. The molecule has 6 heteroatoms. The summed E-state index contributed by atoms with van der Waals surface area (Å²) in [6.45, 7) is 4.86. The largest absolute Gasteiger partial charge is 0.365 e. The molecule has 1 heterocycles. The van der Waals surface area contributed by atoms with Gasteiger partial charge in [0.2, 0.25) is 0 Å². The lowest BCUT2D eigenvalue weighted by Gasteiger charge is -2.08. The molecule has 0 saturated heterocycles. The second-order valence-corrected chi connectivity index (χ2v) is 5.81. The highest BCUT2D eigenvalue weighted by molar-refractivity contribution is 7.18. The first-order chi connectivity index (χ1) is 9.81. The van der Waals surface area contributed by atoms with Gasteiger partial charge < -0.3 is 11.1 Å². The van der Waals surface area contributed by atoms with E-state index in [0.29, 0.717) is 15.4 Å². The van der Waals surface area contributed by atoms with Crippen LogP contribution in [0.2, 0.25) is 0 Å². The lowest BCUT2D eigenvalue weighted by Crippen LogP contribution is -2.13. The number of carbonyl (C=O) groups excluding carboxylic acids is 2. The molecule has 0 aliphatic carbocycles. The number of hydrogen-bond donors (Lipinski definition) is 2. The van der Waals surface area contributed by atoms with E-state index in [0.717, 1.165) is 16.9 Å². The van der Waals surface area contributed by atoms with Crippen LogP contribution in [0, 0.1) is 19.7 Å². The van der Waals surface area contributed by atoms with Crippen LogP contribution in [0.1, 0.15) is 38.1 Å². The van der Waals surface area contributed by atoms with Crippen LogP contribution in [-0.4, -0.2) is 11.7 Å². The van der Waals surface area contributed by atoms with E-state index in [-0.39, 0.29) is 17.0 Å². The van der Waals surface area contributed by atoms with Crippen molar-refractivity contribution >= 4 is 33.7 Å². The van der Waals surface area contributed by atoms with E-state index in [9.17, 15) is 14.0 Å². The summed E-state index contributed by atoms with van der Waals surface area (Å²) in [5.41, 5.74) is 7.14. The Bertz CT molecular complexity index is 738.